The van der Waals surface area contributed by atoms with Crippen LogP contribution >= 0.6 is 11.3 Å². The number of amides is 1. The fraction of sp³-hybridized carbons (Fsp3) is 0.429. The minimum atomic E-state index is -0.190. The minimum absolute atomic E-state index is 0.0854. The number of aryl methyl sites for hydroxylation is 4. The Labute approximate surface area is 187 Å². The third-order valence-corrected chi connectivity index (χ3v) is 7.03. The van der Waals surface area contributed by atoms with Gasteiger partial charge in [-0.1, -0.05) is 0 Å². The maximum absolute atomic E-state index is 12.9. The Morgan fingerprint density at radius 2 is 1.84 bits per heavy atom. The van der Waals surface area contributed by atoms with Gasteiger partial charge in [-0.15, -0.1) is 16.4 Å². The maximum atomic E-state index is 12.9. The van der Waals surface area contributed by atoms with E-state index in [0.717, 1.165) is 26.7 Å². The Balaban J connectivity index is 1.27. The summed E-state index contributed by atoms with van der Waals surface area (Å²) in [6.07, 6.45) is 0. The summed E-state index contributed by atoms with van der Waals surface area (Å²) in [7, 11) is 0. The molecule has 1 fully saturated rings. The predicted molar refractivity (Wildman–Crippen MR) is 121 cm³/mol. The van der Waals surface area contributed by atoms with Crippen molar-refractivity contribution in [2.75, 3.05) is 26.2 Å². The molecule has 1 aliphatic heterocycles. The van der Waals surface area contributed by atoms with Gasteiger partial charge in [0, 0.05) is 42.4 Å². The molecule has 1 amide bonds. The highest BCUT2D eigenvalue weighted by molar-refractivity contribution is 7.18. The smallest absolute Gasteiger partial charge is 0.293 e. The summed E-state index contributed by atoms with van der Waals surface area (Å²) in [5.41, 5.74) is 2.64. The number of H-pyrrole nitrogens is 1. The summed E-state index contributed by atoms with van der Waals surface area (Å²) < 4.78 is 1.60. The Bertz CT molecular complexity index is 1410. The number of nitrogens with one attached hydrogen (secondary N) is 1. The normalized spacial score (nSPS) is 15.2. The zero-order valence-electron chi connectivity index (χ0n) is 18.5. The number of aromatic nitrogens is 6. The number of aromatic amines is 1. The molecule has 166 valence electrons. The molecule has 0 unspecified atom stereocenters. The molecule has 0 aromatic carbocycles. The summed E-state index contributed by atoms with van der Waals surface area (Å²) in [5, 5.41) is 5.04. The van der Waals surface area contributed by atoms with Crippen LogP contribution in [0.5, 0.6) is 0 Å². The molecule has 0 spiro atoms. The topological polar surface area (TPSA) is 112 Å². The van der Waals surface area contributed by atoms with Gasteiger partial charge in [-0.25, -0.2) is 14.5 Å². The molecule has 1 N–H and O–H groups in total. The van der Waals surface area contributed by atoms with E-state index in [1.807, 2.05) is 33.8 Å². The fourth-order valence-corrected chi connectivity index (χ4v) is 5.14. The van der Waals surface area contributed by atoms with E-state index in [4.69, 9.17) is 0 Å². The van der Waals surface area contributed by atoms with Crippen LogP contribution in [-0.4, -0.2) is 71.4 Å². The van der Waals surface area contributed by atoms with E-state index >= 15 is 0 Å². The lowest BCUT2D eigenvalue weighted by Crippen LogP contribution is -2.48. The van der Waals surface area contributed by atoms with Crippen LogP contribution in [0.1, 0.15) is 38.3 Å². The van der Waals surface area contributed by atoms with Crippen molar-refractivity contribution in [2.24, 2.45) is 0 Å². The van der Waals surface area contributed by atoms with Gasteiger partial charge in [-0.2, -0.15) is 4.98 Å². The molecule has 10 nitrogen and oxygen atoms in total. The van der Waals surface area contributed by atoms with Crippen molar-refractivity contribution in [3.05, 3.63) is 49.9 Å². The average molecular weight is 453 g/mol. The second-order valence-electron chi connectivity index (χ2n) is 8.23. The maximum Gasteiger partial charge on any atom is 0.293 e. The van der Waals surface area contributed by atoms with Crippen molar-refractivity contribution in [3.8, 4) is 0 Å². The fourth-order valence-electron chi connectivity index (χ4n) is 4.09. The number of hydrogen-bond donors (Lipinski definition) is 1. The summed E-state index contributed by atoms with van der Waals surface area (Å²) in [6, 6.07) is 1.91. The second kappa shape index (κ2) is 7.75. The first-order valence-electron chi connectivity index (χ1n) is 10.5. The lowest BCUT2D eigenvalue weighted by Gasteiger charge is -2.33. The summed E-state index contributed by atoms with van der Waals surface area (Å²) in [4.78, 5) is 47.6. The lowest BCUT2D eigenvalue weighted by atomic mass is 10.2. The molecule has 5 heterocycles. The zero-order valence-corrected chi connectivity index (χ0v) is 19.3. The molecule has 1 aliphatic rings. The zero-order chi connectivity index (χ0) is 22.6. The van der Waals surface area contributed by atoms with E-state index in [0.29, 0.717) is 49.7 Å². The molecule has 4 aromatic rings. The first-order chi connectivity index (χ1) is 15.3. The van der Waals surface area contributed by atoms with Crippen LogP contribution in [0.3, 0.4) is 0 Å². The number of thiophene rings is 1. The molecule has 0 saturated carbocycles. The Kier molecular flexibility index (Phi) is 5.01. The van der Waals surface area contributed by atoms with E-state index in [2.05, 4.69) is 29.9 Å². The van der Waals surface area contributed by atoms with E-state index in [-0.39, 0.29) is 17.3 Å². The number of carbonyl (C=O) groups excluding carboxylic acids is 1. The van der Waals surface area contributed by atoms with Crippen LogP contribution < -0.4 is 5.56 Å². The van der Waals surface area contributed by atoms with Crippen molar-refractivity contribution >= 4 is 33.2 Å². The summed E-state index contributed by atoms with van der Waals surface area (Å²) in [6.45, 7) is 10.8. The predicted octanol–water partition coefficient (Wildman–Crippen LogP) is 1.61. The molecule has 0 atom stereocenters. The largest absolute Gasteiger partial charge is 0.333 e. The van der Waals surface area contributed by atoms with Crippen LogP contribution in [0.25, 0.3) is 16.0 Å². The van der Waals surface area contributed by atoms with Crippen molar-refractivity contribution in [2.45, 2.75) is 34.2 Å². The van der Waals surface area contributed by atoms with Gasteiger partial charge in [0.05, 0.1) is 11.9 Å². The van der Waals surface area contributed by atoms with E-state index in [1.165, 1.54) is 0 Å². The number of piperazine rings is 1. The van der Waals surface area contributed by atoms with Crippen LogP contribution in [-0.2, 0) is 6.54 Å². The molecule has 1 saturated heterocycles. The second-order valence-corrected chi connectivity index (χ2v) is 9.43. The van der Waals surface area contributed by atoms with Crippen molar-refractivity contribution in [1.82, 2.24) is 39.3 Å². The molecule has 0 radical (unpaired) electrons. The van der Waals surface area contributed by atoms with Gasteiger partial charge in [0.2, 0.25) is 5.82 Å². The Morgan fingerprint density at radius 3 is 2.59 bits per heavy atom. The number of rotatable bonds is 3. The third-order valence-electron chi connectivity index (χ3n) is 5.93. The molecule has 0 bridgehead atoms. The number of carbonyl (C=O) groups is 1. The number of nitrogens with zero attached hydrogens (tertiary/aromatic N) is 7. The van der Waals surface area contributed by atoms with Crippen molar-refractivity contribution in [1.29, 1.82) is 0 Å². The van der Waals surface area contributed by atoms with Crippen LogP contribution in [0.2, 0.25) is 0 Å². The van der Waals surface area contributed by atoms with Gasteiger partial charge < -0.3 is 9.88 Å². The third kappa shape index (κ3) is 3.56. The molecular weight excluding hydrogens is 428 g/mol. The van der Waals surface area contributed by atoms with Crippen molar-refractivity contribution in [3.63, 3.8) is 0 Å². The minimum Gasteiger partial charge on any atom is -0.333 e. The molecule has 5 rings (SSSR count). The Hall–Kier alpha value is -3.18. The standard InChI is InChI=1S/C21H24N8O2S/c1-11-9-12(2)29-21(22-11)25-17(26-29)20(31)28-7-5-27(6-8-28)10-15-23-18(30)16-13(3)14(4)32-19(16)24-15/h9H,5-8,10H2,1-4H3,(H,23,24,30). The number of fused-ring (bicyclic) bond motifs is 2. The van der Waals surface area contributed by atoms with Crippen LogP contribution in [0.4, 0.5) is 0 Å². The van der Waals surface area contributed by atoms with E-state index in [1.54, 1.807) is 20.8 Å². The first-order valence-corrected chi connectivity index (χ1v) is 11.3. The highest BCUT2D eigenvalue weighted by Crippen LogP contribution is 2.25. The van der Waals surface area contributed by atoms with Crippen molar-refractivity contribution < 1.29 is 4.79 Å². The monoisotopic (exact) mass is 452 g/mol. The van der Waals surface area contributed by atoms with Gasteiger partial charge in [0.1, 0.15) is 10.7 Å². The van der Waals surface area contributed by atoms with Crippen LogP contribution in [0.15, 0.2) is 10.9 Å². The Morgan fingerprint density at radius 1 is 1.09 bits per heavy atom. The van der Waals surface area contributed by atoms with Gasteiger partial charge in [0.25, 0.3) is 17.2 Å². The van der Waals surface area contributed by atoms with E-state index < -0.39 is 0 Å². The lowest BCUT2D eigenvalue weighted by molar-refractivity contribution is 0.0614. The first kappa shape index (κ1) is 20.7. The SMILES string of the molecule is Cc1cc(C)n2nc(C(=O)N3CCN(Cc4nc5sc(C)c(C)c5c(=O)[nH]4)CC3)nc2n1. The summed E-state index contributed by atoms with van der Waals surface area (Å²) in [5.74, 6) is 1.07. The van der Waals surface area contributed by atoms with Gasteiger partial charge in [-0.3, -0.25) is 14.5 Å². The molecular formula is C21H24N8O2S. The summed E-state index contributed by atoms with van der Waals surface area (Å²) >= 11 is 1.55. The number of hydrogen-bond acceptors (Lipinski definition) is 8. The van der Waals surface area contributed by atoms with Crippen LogP contribution in [0, 0.1) is 27.7 Å². The average Bonchev–Trinajstić information content (AvgIpc) is 3.29. The molecule has 11 heteroatoms. The highest BCUT2D eigenvalue weighted by Gasteiger charge is 2.26. The molecule has 0 aliphatic carbocycles. The highest BCUT2D eigenvalue weighted by atomic mass is 32.1. The van der Waals surface area contributed by atoms with E-state index in [9.17, 15) is 9.59 Å². The van der Waals surface area contributed by atoms with Gasteiger partial charge in [0.15, 0.2) is 0 Å². The van der Waals surface area contributed by atoms with Gasteiger partial charge >= 0.3 is 0 Å². The molecule has 32 heavy (non-hydrogen) atoms. The molecule has 4 aromatic heterocycles. The van der Waals surface area contributed by atoms with Gasteiger partial charge in [-0.05, 0) is 39.3 Å². The quantitative estimate of drug-likeness (QED) is 0.503.